The normalized spacial score (nSPS) is 11.1. The Bertz CT molecular complexity index is 782. The van der Waals surface area contributed by atoms with Crippen LogP contribution < -0.4 is 10.6 Å². The SMILES string of the molecule is CCCN(CCC)Cc1cc(C)cc(C(=O)NCCCNCc2cccc(C)c2)c1. The van der Waals surface area contributed by atoms with Crippen molar-refractivity contribution in [2.75, 3.05) is 26.2 Å². The fraction of sp³-hybridized carbons (Fsp3) is 0.500. The molecule has 4 nitrogen and oxygen atoms in total. The number of aryl methyl sites for hydroxylation is 2. The lowest BCUT2D eigenvalue weighted by Crippen LogP contribution is -2.28. The first-order valence-electron chi connectivity index (χ1n) is 11.4. The van der Waals surface area contributed by atoms with Crippen LogP contribution in [0.4, 0.5) is 0 Å². The van der Waals surface area contributed by atoms with E-state index in [1.54, 1.807) is 0 Å². The summed E-state index contributed by atoms with van der Waals surface area (Å²) in [6, 6.07) is 14.8. The lowest BCUT2D eigenvalue weighted by Gasteiger charge is -2.21. The largest absolute Gasteiger partial charge is 0.352 e. The topological polar surface area (TPSA) is 44.4 Å². The van der Waals surface area contributed by atoms with Crippen LogP contribution in [0, 0.1) is 13.8 Å². The van der Waals surface area contributed by atoms with Crippen LogP contribution in [0.3, 0.4) is 0 Å². The van der Waals surface area contributed by atoms with Gasteiger partial charge in [0.1, 0.15) is 0 Å². The average molecular weight is 410 g/mol. The number of amides is 1. The molecule has 0 aliphatic rings. The van der Waals surface area contributed by atoms with Gasteiger partial charge in [0.25, 0.3) is 5.91 Å². The number of carbonyl (C=O) groups is 1. The maximum absolute atomic E-state index is 12.6. The fourth-order valence-corrected chi connectivity index (χ4v) is 3.82. The van der Waals surface area contributed by atoms with Crippen LogP contribution in [0.1, 0.15) is 65.7 Å². The molecule has 1 amide bonds. The number of hydrogen-bond donors (Lipinski definition) is 2. The van der Waals surface area contributed by atoms with E-state index in [-0.39, 0.29) is 5.91 Å². The number of rotatable bonds is 13. The lowest BCUT2D eigenvalue weighted by molar-refractivity contribution is 0.0953. The molecule has 2 aromatic rings. The Morgan fingerprint density at radius 1 is 0.900 bits per heavy atom. The summed E-state index contributed by atoms with van der Waals surface area (Å²) in [7, 11) is 0. The predicted molar refractivity (Wildman–Crippen MR) is 127 cm³/mol. The molecule has 0 aliphatic carbocycles. The van der Waals surface area contributed by atoms with Crippen LogP contribution in [0.2, 0.25) is 0 Å². The van der Waals surface area contributed by atoms with Crippen molar-refractivity contribution in [3.8, 4) is 0 Å². The highest BCUT2D eigenvalue weighted by atomic mass is 16.1. The van der Waals surface area contributed by atoms with Crippen LogP contribution in [-0.2, 0) is 13.1 Å². The van der Waals surface area contributed by atoms with Crippen molar-refractivity contribution in [1.29, 1.82) is 0 Å². The monoisotopic (exact) mass is 409 g/mol. The van der Waals surface area contributed by atoms with Gasteiger partial charge in [0.05, 0.1) is 0 Å². The minimum absolute atomic E-state index is 0.0242. The van der Waals surface area contributed by atoms with Gasteiger partial charge < -0.3 is 10.6 Å². The summed E-state index contributed by atoms with van der Waals surface area (Å²) in [5.41, 5.74) is 5.72. The summed E-state index contributed by atoms with van der Waals surface area (Å²) in [5, 5.41) is 6.52. The zero-order chi connectivity index (χ0) is 21.8. The second-order valence-corrected chi connectivity index (χ2v) is 8.26. The van der Waals surface area contributed by atoms with Crippen LogP contribution >= 0.6 is 0 Å². The highest BCUT2D eigenvalue weighted by Crippen LogP contribution is 2.13. The van der Waals surface area contributed by atoms with Crippen molar-refractivity contribution in [2.45, 2.75) is 60.0 Å². The van der Waals surface area contributed by atoms with E-state index in [1.165, 1.54) is 16.7 Å². The van der Waals surface area contributed by atoms with Gasteiger partial charge in [0.15, 0.2) is 0 Å². The molecule has 0 fully saturated rings. The Labute approximate surface area is 183 Å². The van der Waals surface area contributed by atoms with Crippen molar-refractivity contribution >= 4 is 5.91 Å². The molecule has 4 heteroatoms. The highest BCUT2D eigenvalue weighted by Gasteiger charge is 2.10. The van der Waals surface area contributed by atoms with Gasteiger partial charge in [0, 0.05) is 25.2 Å². The van der Waals surface area contributed by atoms with E-state index in [0.717, 1.165) is 63.1 Å². The third-order valence-corrected chi connectivity index (χ3v) is 5.11. The number of nitrogens with one attached hydrogen (secondary N) is 2. The summed E-state index contributed by atoms with van der Waals surface area (Å²) in [5.74, 6) is 0.0242. The number of carbonyl (C=O) groups excluding carboxylic acids is 1. The Balaban J connectivity index is 1.78. The van der Waals surface area contributed by atoms with E-state index in [9.17, 15) is 4.79 Å². The van der Waals surface area contributed by atoms with E-state index >= 15 is 0 Å². The molecule has 0 heterocycles. The van der Waals surface area contributed by atoms with E-state index in [2.05, 4.69) is 79.6 Å². The van der Waals surface area contributed by atoms with Crippen molar-refractivity contribution in [2.24, 2.45) is 0 Å². The molecular weight excluding hydrogens is 370 g/mol. The second-order valence-electron chi connectivity index (χ2n) is 8.26. The second kappa shape index (κ2) is 13.2. The molecule has 0 aliphatic heterocycles. The molecule has 164 valence electrons. The minimum atomic E-state index is 0.0242. The van der Waals surface area contributed by atoms with E-state index < -0.39 is 0 Å². The first kappa shape index (κ1) is 24.1. The van der Waals surface area contributed by atoms with Crippen LogP contribution in [-0.4, -0.2) is 37.0 Å². The molecule has 2 rings (SSSR count). The quantitative estimate of drug-likeness (QED) is 0.466. The highest BCUT2D eigenvalue weighted by molar-refractivity contribution is 5.94. The standard InChI is InChI=1S/C26H39N3O/c1-5-13-29(14-6-2)20-24-16-22(4)17-25(18-24)26(30)28-12-8-11-27-19-23-10-7-9-21(3)15-23/h7,9-10,15-18,27H,5-6,8,11-14,19-20H2,1-4H3,(H,28,30). The maximum Gasteiger partial charge on any atom is 0.251 e. The van der Waals surface area contributed by atoms with E-state index in [0.29, 0.717) is 6.54 Å². The van der Waals surface area contributed by atoms with Gasteiger partial charge in [-0.2, -0.15) is 0 Å². The van der Waals surface area contributed by atoms with Gasteiger partial charge in [-0.05, 0) is 76.0 Å². The first-order chi connectivity index (χ1) is 14.5. The van der Waals surface area contributed by atoms with Gasteiger partial charge >= 0.3 is 0 Å². The van der Waals surface area contributed by atoms with E-state index in [4.69, 9.17) is 0 Å². The molecule has 2 aromatic carbocycles. The van der Waals surface area contributed by atoms with Crippen molar-refractivity contribution in [3.05, 3.63) is 70.3 Å². The number of benzene rings is 2. The number of nitrogens with zero attached hydrogens (tertiary/aromatic N) is 1. The number of hydrogen-bond acceptors (Lipinski definition) is 3. The summed E-state index contributed by atoms with van der Waals surface area (Å²) in [6.45, 7) is 14.1. The Morgan fingerprint density at radius 2 is 1.63 bits per heavy atom. The molecule has 0 saturated carbocycles. The Hall–Kier alpha value is -2.17. The summed E-state index contributed by atoms with van der Waals surface area (Å²) in [4.78, 5) is 15.1. The zero-order valence-corrected chi connectivity index (χ0v) is 19.3. The molecule has 0 unspecified atom stereocenters. The summed E-state index contributed by atoms with van der Waals surface area (Å²) >= 11 is 0. The van der Waals surface area contributed by atoms with Gasteiger partial charge in [-0.3, -0.25) is 9.69 Å². The first-order valence-corrected chi connectivity index (χ1v) is 11.4. The molecule has 2 N–H and O–H groups in total. The molecule has 0 bridgehead atoms. The third kappa shape index (κ3) is 8.68. The molecule has 0 radical (unpaired) electrons. The van der Waals surface area contributed by atoms with Gasteiger partial charge in [-0.25, -0.2) is 0 Å². The summed E-state index contributed by atoms with van der Waals surface area (Å²) in [6.07, 6.45) is 3.21. The van der Waals surface area contributed by atoms with Crippen molar-refractivity contribution < 1.29 is 4.79 Å². The van der Waals surface area contributed by atoms with Gasteiger partial charge in [0.2, 0.25) is 0 Å². The third-order valence-electron chi connectivity index (χ3n) is 5.11. The smallest absolute Gasteiger partial charge is 0.251 e. The van der Waals surface area contributed by atoms with Crippen molar-refractivity contribution in [1.82, 2.24) is 15.5 Å². The molecule has 0 aromatic heterocycles. The van der Waals surface area contributed by atoms with Crippen LogP contribution in [0.15, 0.2) is 42.5 Å². The van der Waals surface area contributed by atoms with Gasteiger partial charge in [-0.1, -0.05) is 55.3 Å². The van der Waals surface area contributed by atoms with Crippen LogP contribution in [0.5, 0.6) is 0 Å². The fourth-order valence-electron chi connectivity index (χ4n) is 3.82. The minimum Gasteiger partial charge on any atom is -0.352 e. The lowest BCUT2D eigenvalue weighted by atomic mass is 10.1. The summed E-state index contributed by atoms with van der Waals surface area (Å²) < 4.78 is 0. The predicted octanol–water partition coefficient (Wildman–Crippen LogP) is 4.84. The van der Waals surface area contributed by atoms with Crippen LogP contribution in [0.25, 0.3) is 0 Å². The zero-order valence-electron chi connectivity index (χ0n) is 19.3. The van der Waals surface area contributed by atoms with E-state index in [1.807, 2.05) is 6.07 Å². The molecular formula is C26H39N3O. The van der Waals surface area contributed by atoms with Gasteiger partial charge in [-0.15, -0.1) is 0 Å². The average Bonchev–Trinajstić information content (AvgIpc) is 2.70. The Kier molecular flexibility index (Phi) is 10.6. The molecule has 0 saturated heterocycles. The molecule has 0 spiro atoms. The van der Waals surface area contributed by atoms with Crippen molar-refractivity contribution in [3.63, 3.8) is 0 Å². The Morgan fingerprint density at radius 3 is 2.33 bits per heavy atom. The molecule has 30 heavy (non-hydrogen) atoms. The molecule has 0 atom stereocenters. The maximum atomic E-state index is 12.6.